The number of carbonyl (C=O) groups is 2. The summed E-state index contributed by atoms with van der Waals surface area (Å²) < 4.78 is 10.5. The first-order chi connectivity index (χ1) is 9.02. The van der Waals surface area contributed by atoms with Crippen LogP contribution in [0.3, 0.4) is 0 Å². The number of rotatable bonds is 7. The summed E-state index contributed by atoms with van der Waals surface area (Å²) in [5, 5.41) is 10.9. The van der Waals surface area contributed by atoms with Crippen molar-refractivity contribution in [2.24, 2.45) is 0 Å². The monoisotopic (exact) mass is 267 g/mol. The van der Waals surface area contributed by atoms with E-state index in [2.05, 4.69) is 5.32 Å². The summed E-state index contributed by atoms with van der Waals surface area (Å²) in [4.78, 5) is 21.9. The SMILES string of the molecule is CCOc1ccc(OCC(=O)NC(C)C(=O)O)cc1. The summed E-state index contributed by atoms with van der Waals surface area (Å²) in [5.74, 6) is -0.335. The third-order valence-electron chi connectivity index (χ3n) is 2.25. The van der Waals surface area contributed by atoms with Gasteiger partial charge in [-0.25, -0.2) is 0 Å². The lowest BCUT2D eigenvalue weighted by molar-refractivity contribution is -0.141. The second-order valence-corrected chi connectivity index (χ2v) is 3.82. The summed E-state index contributed by atoms with van der Waals surface area (Å²) >= 11 is 0. The molecule has 6 nitrogen and oxygen atoms in total. The first-order valence-corrected chi connectivity index (χ1v) is 5.90. The van der Waals surface area contributed by atoms with Crippen molar-refractivity contribution in [2.45, 2.75) is 19.9 Å². The molecule has 104 valence electrons. The molecule has 1 atom stereocenters. The summed E-state index contributed by atoms with van der Waals surface area (Å²) in [5.41, 5.74) is 0. The Labute approximate surface area is 111 Å². The molecule has 6 heteroatoms. The molecule has 0 aromatic heterocycles. The van der Waals surface area contributed by atoms with E-state index in [0.29, 0.717) is 12.4 Å². The second kappa shape index (κ2) is 7.25. The Balaban J connectivity index is 2.39. The molecule has 2 N–H and O–H groups in total. The van der Waals surface area contributed by atoms with E-state index in [1.165, 1.54) is 6.92 Å². The lowest BCUT2D eigenvalue weighted by Gasteiger charge is -2.10. The maximum absolute atomic E-state index is 11.4. The van der Waals surface area contributed by atoms with Gasteiger partial charge in [0.05, 0.1) is 6.61 Å². The van der Waals surface area contributed by atoms with Gasteiger partial charge in [-0.3, -0.25) is 9.59 Å². The normalized spacial score (nSPS) is 11.5. The molecular weight excluding hydrogens is 250 g/mol. The fraction of sp³-hybridized carbons (Fsp3) is 0.385. The zero-order valence-corrected chi connectivity index (χ0v) is 10.9. The standard InChI is InChI=1S/C13H17NO5/c1-3-18-10-4-6-11(7-5-10)19-8-12(15)14-9(2)13(16)17/h4-7,9H,3,8H2,1-2H3,(H,14,15)(H,16,17). The average molecular weight is 267 g/mol. The molecule has 1 aromatic carbocycles. The van der Waals surface area contributed by atoms with Crippen LogP contribution in [0.1, 0.15) is 13.8 Å². The van der Waals surface area contributed by atoms with Crippen molar-refractivity contribution in [3.63, 3.8) is 0 Å². The lowest BCUT2D eigenvalue weighted by Crippen LogP contribution is -2.40. The summed E-state index contributed by atoms with van der Waals surface area (Å²) in [6.45, 7) is 3.62. The summed E-state index contributed by atoms with van der Waals surface area (Å²) in [6.07, 6.45) is 0. The minimum Gasteiger partial charge on any atom is -0.494 e. The predicted octanol–water partition coefficient (Wildman–Crippen LogP) is 1.05. The Bertz CT molecular complexity index is 429. The number of carboxylic acid groups (broad SMARTS) is 1. The van der Waals surface area contributed by atoms with Crippen LogP contribution in [0, 0.1) is 0 Å². The Kier molecular flexibility index (Phi) is 5.66. The quantitative estimate of drug-likeness (QED) is 0.771. The molecule has 0 radical (unpaired) electrons. The molecule has 0 aliphatic heterocycles. The molecular formula is C13H17NO5. The summed E-state index contributed by atoms with van der Waals surface area (Å²) in [6, 6.07) is 5.89. The average Bonchev–Trinajstić information content (AvgIpc) is 2.38. The van der Waals surface area contributed by atoms with Crippen LogP contribution in [-0.2, 0) is 9.59 Å². The molecule has 1 amide bonds. The van der Waals surface area contributed by atoms with Gasteiger partial charge >= 0.3 is 5.97 Å². The second-order valence-electron chi connectivity index (χ2n) is 3.82. The number of ether oxygens (including phenoxy) is 2. The van der Waals surface area contributed by atoms with Gasteiger partial charge in [0.25, 0.3) is 5.91 Å². The van der Waals surface area contributed by atoms with E-state index in [1.807, 2.05) is 6.92 Å². The van der Waals surface area contributed by atoms with Crippen LogP contribution >= 0.6 is 0 Å². The van der Waals surface area contributed by atoms with Crippen molar-refractivity contribution >= 4 is 11.9 Å². The van der Waals surface area contributed by atoms with Crippen molar-refractivity contribution in [2.75, 3.05) is 13.2 Å². The van der Waals surface area contributed by atoms with E-state index in [9.17, 15) is 9.59 Å². The summed E-state index contributed by atoms with van der Waals surface area (Å²) in [7, 11) is 0. The number of carboxylic acids is 1. The van der Waals surface area contributed by atoms with Gasteiger partial charge in [0, 0.05) is 0 Å². The molecule has 0 saturated heterocycles. The van der Waals surface area contributed by atoms with Gasteiger partial charge in [-0.15, -0.1) is 0 Å². The minimum atomic E-state index is -1.09. The number of hydrogen-bond donors (Lipinski definition) is 2. The van der Waals surface area contributed by atoms with E-state index in [1.54, 1.807) is 24.3 Å². The molecule has 0 saturated carbocycles. The third-order valence-corrected chi connectivity index (χ3v) is 2.25. The van der Waals surface area contributed by atoms with Crippen LogP contribution in [0.15, 0.2) is 24.3 Å². The van der Waals surface area contributed by atoms with E-state index < -0.39 is 17.9 Å². The number of carbonyl (C=O) groups excluding carboxylic acids is 1. The van der Waals surface area contributed by atoms with Gasteiger partial charge in [0.2, 0.25) is 0 Å². The Morgan fingerprint density at radius 1 is 1.21 bits per heavy atom. The molecule has 0 heterocycles. The van der Waals surface area contributed by atoms with Gasteiger partial charge < -0.3 is 19.9 Å². The highest BCUT2D eigenvalue weighted by Crippen LogP contribution is 2.17. The Morgan fingerprint density at radius 3 is 2.21 bits per heavy atom. The maximum atomic E-state index is 11.4. The third kappa shape index (κ3) is 5.29. The van der Waals surface area contributed by atoms with Crippen molar-refractivity contribution in [1.82, 2.24) is 5.32 Å². The van der Waals surface area contributed by atoms with E-state index in [4.69, 9.17) is 14.6 Å². The zero-order valence-electron chi connectivity index (χ0n) is 10.9. The minimum absolute atomic E-state index is 0.231. The van der Waals surface area contributed by atoms with Gasteiger partial charge in [-0.2, -0.15) is 0 Å². The van der Waals surface area contributed by atoms with Crippen molar-refractivity contribution in [3.05, 3.63) is 24.3 Å². The smallest absolute Gasteiger partial charge is 0.325 e. The van der Waals surface area contributed by atoms with Crippen LogP contribution in [-0.4, -0.2) is 36.2 Å². The van der Waals surface area contributed by atoms with E-state index in [0.717, 1.165) is 5.75 Å². The molecule has 0 fully saturated rings. The van der Waals surface area contributed by atoms with Crippen LogP contribution in [0.2, 0.25) is 0 Å². The lowest BCUT2D eigenvalue weighted by atomic mass is 10.3. The first-order valence-electron chi connectivity index (χ1n) is 5.90. The highest BCUT2D eigenvalue weighted by atomic mass is 16.5. The van der Waals surface area contributed by atoms with Crippen LogP contribution in [0.25, 0.3) is 0 Å². The highest BCUT2D eigenvalue weighted by molar-refractivity contribution is 5.84. The van der Waals surface area contributed by atoms with Crippen LogP contribution in [0.5, 0.6) is 11.5 Å². The van der Waals surface area contributed by atoms with E-state index >= 15 is 0 Å². The fourth-order valence-corrected chi connectivity index (χ4v) is 1.29. The molecule has 0 spiro atoms. The highest BCUT2D eigenvalue weighted by Gasteiger charge is 2.13. The molecule has 0 aliphatic rings. The molecule has 19 heavy (non-hydrogen) atoms. The molecule has 1 unspecified atom stereocenters. The van der Waals surface area contributed by atoms with Gasteiger partial charge in [0.15, 0.2) is 6.61 Å². The van der Waals surface area contributed by atoms with Crippen LogP contribution in [0.4, 0.5) is 0 Å². The number of benzene rings is 1. The maximum Gasteiger partial charge on any atom is 0.325 e. The molecule has 1 rings (SSSR count). The topological polar surface area (TPSA) is 84.9 Å². The van der Waals surface area contributed by atoms with Crippen molar-refractivity contribution in [1.29, 1.82) is 0 Å². The van der Waals surface area contributed by atoms with Gasteiger partial charge in [-0.05, 0) is 38.1 Å². The number of nitrogens with one attached hydrogen (secondary N) is 1. The largest absolute Gasteiger partial charge is 0.494 e. The van der Waals surface area contributed by atoms with Crippen molar-refractivity contribution < 1.29 is 24.2 Å². The zero-order chi connectivity index (χ0) is 14.3. The Morgan fingerprint density at radius 2 is 1.74 bits per heavy atom. The van der Waals surface area contributed by atoms with Gasteiger partial charge in [-0.1, -0.05) is 0 Å². The number of hydrogen-bond acceptors (Lipinski definition) is 4. The first kappa shape index (κ1) is 14.8. The number of amides is 1. The van der Waals surface area contributed by atoms with Gasteiger partial charge in [0.1, 0.15) is 17.5 Å². The van der Waals surface area contributed by atoms with E-state index in [-0.39, 0.29) is 6.61 Å². The van der Waals surface area contributed by atoms with Crippen molar-refractivity contribution in [3.8, 4) is 11.5 Å². The number of aliphatic carboxylic acids is 1. The molecule has 0 aliphatic carbocycles. The molecule has 1 aromatic rings. The Hall–Kier alpha value is -2.24. The fourth-order valence-electron chi connectivity index (χ4n) is 1.29. The predicted molar refractivity (Wildman–Crippen MR) is 68.3 cm³/mol. The van der Waals surface area contributed by atoms with Crippen LogP contribution < -0.4 is 14.8 Å². The molecule has 0 bridgehead atoms.